The Morgan fingerprint density at radius 2 is 2.07 bits per heavy atom. The third kappa shape index (κ3) is 1.66. The molecule has 0 fully saturated rings. The number of carbonyl (C=O) groups is 1. The fourth-order valence-electron chi connectivity index (χ4n) is 0.951. The number of hydrogen-bond donors (Lipinski definition) is 2. The molecule has 0 saturated heterocycles. The van der Waals surface area contributed by atoms with Crippen LogP contribution in [0.4, 0.5) is 18.0 Å². The van der Waals surface area contributed by atoms with Crippen molar-refractivity contribution in [3.05, 3.63) is 11.8 Å². The topological polar surface area (TPSA) is 69.8 Å². The maximum Gasteiger partial charge on any atom is 0.432 e. The molecule has 80 valence electrons. The van der Waals surface area contributed by atoms with Gasteiger partial charge in [-0.3, -0.25) is 4.90 Å². The van der Waals surface area contributed by atoms with Gasteiger partial charge in [-0.1, -0.05) is 0 Å². The molecule has 0 bridgehead atoms. The van der Waals surface area contributed by atoms with Crippen LogP contribution in [0.1, 0.15) is 0 Å². The Hall–Kier alpha value is -1.28. The highest BCUT2D eigenvalue weighted by molar-refractivity contribution is 5.77. The van der Waals surface area contributed by atoms with Gasteiger partial charge >= 0.3 is 12.2 Å². The molecule has 14 heavy (non-hydrogen) atoms. The molecule has 0 aromatic carbocycles. The molecule has 0 aromatic heterocycles. The molecule has 0 aliphatic carbocycles. The predicted octanol–water partition coefficient (Wildman–Crippen LogP) is -0.00790. The van der Waals surface area contributed by atoms with Crippen LogP contribution in [-0.2, 0) is 0 Å². The number of hydrogen-bond acceptors (Lipinski definition) is 3. The summed E-state index contributed by atoms with van der Waals surface area (Å²) in [5, 5.41) is 9.00. The fourth-order valence-corrected chi connectivity index (χ4v) is 0.951. The van der Waals surface area contributed by atoms with Gasteiger partial charge in [0.15, 0.2) is 6.23 Å². The van der Waals surface area contributed by atoms with E-state index in [-0.39, 0.29) is 5.01 Å². The van der Waals surface area contributed by atoms with E-state index in [4.69, 9.17) is 10.9 Å². The summed E-state index contributed by atoms with van der Waals surface area (Å²) in [5.74, 6) is 4.90. The zero-order valence-corrected chi connectivity index (χ0v) is 7.12. The maximum atomic E-state index is 12.2. The SMILES string of the molecule is CN1C(=O)N(N)C(C(F)(F)F)=CC1O. The largest absolute Gasteiger partial charge is 0.432 e. The number of aliphatic hydroxyl groups excluding tert-OH is 1. The van der Waals surface area contributed by atoms with Gasteiger partial charge in [-0.2, -0.15) is 13.2 Å². The molecule has 1 unspecified atom stereocenters. The standard InChI is InChI=1S/C6H8F3N3O2/c1-11-4(13)2-3(6(7,8)9)12(10)5(11)14/h2,4,13H,10H2,1H3. The van der Waals surface area contributed by atoms with Crippen molar-refractivity contribution in [1.29, 1.82) is 0 Å². The summed E-state index contributed by atoms with van der Waals surface area (Å²) in [5.41, 5.74) is -1.37. The van der Waals surface area contributed by atoms with Gasteiger partial charge < -0.3 is 5.11 Å². The average molecular weight is 211 g/mol. The van der Waals surface area contributed by atoms with Crippen LogP contribution in [-0.4, -0.2) is 40.5 Å². The van der Waals surface area contributed by atoms with E-state index < -0.39 is 24.1 Å². The lowest BCUT2D eigenvalue weighted by Crippen LogP contribution is -2.54. The molecule has 1 aliphatic rings. The Labute approximate surface area is 77.2 Å². The van der Waals surface area contributed by atoms with Gasteiger partial charge in [0, 0.05) is 7.05 Å². The lowest BCUT2D eigenvalue weighted by Gasteiger charge is -2.33. The molecule has 0 saturated carbocycles. The Morgan fingerprint density at radius 3 is 2.50 bits per heavy atom. The number of likely N-dealkylation sites (N-methyl/N-ethyl adjacent to an activating group) is 1. The van der Waals surface area contributed by atoms with E-state index in [1.807, 2.05) is 0 Å². The number of halogens is 3. The molecule has 1 atom stereocenters. The first-order chi connectivity index (χ1) is 6.25. The summed E-state index contributed by atoms with van der Waals surface area (Å²) in [4.78, 5) is 11.7. The number of urea groups is 1. The number of nitrogens with two attached hydrogens (primary N) is 1. The van der Waals surface area contributed by atoms with Crippen molar-refractivity contribution in [2.24, 2.45) is 5.84 Å². The van der Waals surface area contributed by atoms with Crippen molar-refractivity contribution in [2.75, 3.05) is 7.05 Å². The van der Waals surface area contributed by atoms with Gasteiger partial charge in [-0.25, -0.2) is 15.6 Å². The van der Waals surface area contributed by atoms with Gasteiger partial charge in [0.25, 0.3) is 0 Å². The van der Waals surface area contributed by atoms with Gasteiger partial charge in [0.2, 0.25) is 0 Å². The fraction of sp³-hybridized carbons (Fsp3) is 0.500. The third-order valence-corrected chi connectivity index (χ3v) is 1.76. The molecule has 1 rings (SSSR count). The summed E-state index contributed by atoms with van der Waals surface area (Å²) >= 11 is 0. The number of alkyl halides is 3. The quantitative estimate of drug-likeness (QED) is 0.437. The Balaban J connectivity index is 3.08. The summed E-state index contributed by atoms with van der Waals surface area (Å²) in [6.07, 6.45) is -5.91. The van der Waals surface area contributed by atoms with Gasteiger partial charge in [-0.15, -0.1) is 0 Å². The van der Waals surface area contributed by atoms with Crippen molar-refractivity contribution in [3.63, 3.8) is 0 Å². The molecular formula is C6H8F3N3O2. The van der Waals surface area contributed by atoms with Crippen LogP contribution in [0.25, 0.3) is 0 Å². The van der Waals surface area contributed by atoms with Gasteiger partial charge in [0.05, 0.1) is 0 Å². The van der Waals surface area contributed by atoms with Crippen LogP contribution >= 0.6 is 0 Å². The Kier molecular flexibility index (Phi) is 2.42. The van der Waals surface area contributed by atoms with Crippen LogP contribution in [0.15, 0.2) is 11.8 Å². The second-order valence-electron chi connectivity index (χ2n) is 2.73. The number of carbonyl (C=O) groups excluding carboxylic acids is 1. The second kappa shape index (κ2) is 3.14. The first kappa shape index (κ1) is 10.8. The van der Waals surface area contributed by atoms with Crippen LogP contribution in [0, 0.1) is 0 Å². The molecule has 8 heteroatoms. The molecule has 2 amide bonds. The number of amides is 2. The highest BCUT2D eigenvalue weighted by atomic mass is 19.4. The van der Waals surface area contributed by atoms with Crippen LogP contribution in [0.2, 0.25) is 0 Å². The second-order valence-corrected chi connectivity index (χ2v) is 2.73. The van der Waals surface area contributed by atoms with Crippen molar-refractivity contribution in [2.45, 2.75) is 12.4 Å². The van der Waals surface area contributed by atoms with E-state index in [0.717, 1.165) is 7.05 Å². The number of aliphatic hydroxyl groups is 1. The minimum atomic E-state index is -4.76. The molecule has 0 radical (unpaired) electrons. The molecular weight excluding hydrogens is 203 g/mol. The summed E-state index contributed by atoms with van der Waals surface area (Å²) in [7, 11) is 1.14. The van der Waals surface area contributed by atoms with E-state index in [1.165, 1.54) is 0 Å². The number of nitrogens with zero attached hydrogens (tertiary/aromatic N) is 2. The lowest BCUT2D eigenvalue weighted by molar-refractivity contribution is -0.114. The Morgan fingerprint density at radius 1 is 1.57 bits per heavy atom. The Bertz CT molecular complexity index is 289. The minimum Gasteiger partial charge on any atom is -0.370 e. The minimum absolute atomic E-state index is 0.0489. The highest BCUT2D eigenvalue weighted by Crippen LogP contribution is 2.30. The highest BCUT2D eigenvalue weighted by Gasteiger charge is 2.43. The molecule has 0 aromatic rings. The average Bonchev–Trinajstić information content (AvgIpc) is 2.06. The zero-order chi connectivity index (χ0) is 11.1. The van der Waals surface area contributed by atoms with Gasteiger partial charge in [0.1, 0.15) is 5.70 Å². The van der Waals surface area contributed by atoms with E-state index in [0.29, 0.717) is 11.0 Å². The molecule has 3 N–H and O–H groups in total. The molecule has 0 spiro atoms. The first-order valence-corrected chi connectivity index (χ1v) is 3.54. The monoisotopic (exact) mass is 211 g/mol. The smallest absolute Gasteiger partial charge is 0.370 e. The molecule has 5 nitrogen and oxygen atoms in total. The van der Waals surface area contributed by atoms with E-state index in [2.05, 4.69) is 0 Å². The van der Waals surface area contributed by atoms with E-state index in [9.17, 15) is 18.0 Å². The van der Waals surface area contributed by atoms with E-state index in [1.54, 1.807) is 0 Å². The van der Waals surface area contributed by atoms with Gasteiger partial charge in [-0.05, 0) is 6.08 Å². The molecule has 1 heterocycles. The summed E-state index contributed by atoms with van der Waals surface area (Å²) in [6, 6.07) is -1.12. The van der Waals surface area contributed by atoms with Crippen LogP contribution in [0.5, 0.6) is 0 Å². The van der Waals surface area contributed by atoms with Crippen molar-refractivity contribution in [3.8, 4) is 0 Å². The maximum absolute atomic E-state index is 12.2. The number of rotatable bonds is 0. The van der Waals surface area contributed by atoms with Crippen LogP contribution < -0.4 is 5.84 Å². The number of allylic oxidation sites excluding steroid dienone is 1. The summed E-state index contributed by atoms with van der Waals surface area (Å²) < 4.78 is 36.6. The number of hydrazine groups is 1. The summed E-state index contributed by atoms with van der Waals surface area (Å²) in [6.45, 7) is 0. The zero-order valence-electron chi connectivity index (χ0n) is 7.12. The van der Waals surface area contributed by atoms with Crippen molar-refractivity contribution >= 4 is 6.03 Å². The van der Waals surface area contributed by atoms with E-state index >= 15 is 0 Å². The van der Waals surface area contributed by atoms with Crippen LogP contribution in [0.3, 0.4) is 0 Å². The van der Waals surface area contributed by atoms with Crippen molar-refractivity contribution in [1.82, 2.24) is 9.91 Å². The third-order valence-electron chi connectivity index (χ3n) is 1.76. The first-order valence-electron chi connectivity index (χ1n) is 3.54. The molecule has 1 aliphatic heterocycles. The van der Waals surface area contributed by atoms with Crippen molar-refractivity contribution < 1.29 is 23.1 Å². The lowest BCUT2D eigenvalue weighted by atomic mass is 10.3. The normalized spacial score (nSPS) is 24.0. The predicted molar refractivity (Wildman–Crippen MR) is 39.3 cm³/mol.